The molecule has 0 saturated carbocycles. The average Bonchev–Trinajstić information content (AvgIpc) is 2.71. The third kappa shape index (κ3) is 2.23. The van der Waals surface area contributed by atoms with Gasteiger partial charge < -0.3 is 14.4 Å². The molecular weight excluding hydrogens is 190 g/mol. The third-order valence-electron chi connectivity index (χ3n) is 2.41. The summed E-state index contributed by atoms with van der Waals surface area (Å²) in [5, 5.41) is 0. The SMILES string of the molecule is [2H]C([2H])([2H])N(C(C)Cc1ccc2c(c1)OCO2)C([2H])([2H])[2H]. The number of hydrogen-bond donors (Lipinski definition) is 0. The van der Waals surface area contributed by atoms with Crippen molar-refractivity contribution in [3.05, 3.63) is 23.8 Å². The lowest BCUT2D eigenvalue weighted by atomic mass is 10.1. The van der Waals surface area contributed by atoms with Gasteiger partial charge in [0.2, 0.25) is 6.79 Å². The number of likely N-dealkylation sites (N-methyl/N-ethyl adjacent to an activating group) is 1. The van der Waals surface area contributed by atoms with Crippen LogP contribution < -0.4 is 9.47 Å². The van der Waals surface area contributed by atoms with Crippen LogP contribution in [0.3, 0.4) is 0 Å². The maximum absolute atomic E-state index is 7.42. The van der Waals surface area contributed by atoms with Crippen LogP contribution in [0.4, 0.5) is 0 Å². The van der Waals surface area contributed by atoms with Gasteiger partial charge in [0, 0.05) is 14.3 Å². The molecule has 0 radical (unpaired) electrons. The van der Waals surface area contributed by atoms with Gasteiger partial charge in [0.1, 0.15) is 0 Å². The van der Waals surface area contributed by atoms with Gasteiger partial charge in [0.25, 0.3) is 0 Å². The minimum atomic E-state index is -2.68. The summed E-state index contributed by atoms with van der Waals surface area (Å²) < 4.78 is 55.0. The first kappa shape index (κ1) is 5.21. The Bertz CT molecular complexity index is 499. The van der Waals surface area contributed by atoms with Crippen LogP contribution >= 0.6 is 0 Å². The third-order valence-corrected chi connectivity index (χ3v) is 2.41. The molecule has 1 aromatic rings. The normalized spacial score (nSPS) is 23.3. The number of rotatable bonds is 3. The zero-order valence-corrected chi connectivity index (χ0v) is 8.49. The quantitative estimate of drug-likeness (QED) is 0.765. The average molecular weight is 213 g/mol. The Balaban J connectivity index is 2.17. The van der Waals surface area contributed by atoms with Crippen LogP contribution in [0.2, 0.25) is 0 Å². The molecule has 1 aromatic carbocycles. The number of fused-ring (bicyclic) bond motifs is 1. The van der Waals surface area contributed by atoms with Gasteiger partial charge in [0.15, 0.2) is 11.5 Å². The zero-order valence-electron chi connectivity index (χ0n) is 14.5. The molecule has 0 saturated heterocycles. The summed E-state index contributed by atoms with van der Waals surface area (Å²) in [6.07, 6.45) is 0.285. The predicted octanol–water partition coefficient (Wildman–Crippen LogP) is 1.91. The van der Waals surface area contributed by atoms with Crippen molar-refractivity contribution in [1.29, 1.82) is 0 Å². The van der Waals surface area contributed by atoms with Crippen LogP contribution in [0.25, 0.3) is 0 Å². The largest absolute Gasteiger partial charge is 0.454 e. The smallest absolute Gasteiger partial charge is 0.231 e. The van der Waals surface area contributed by atoms with Crippen LogP contribution in [0.5, 0.6) is 11.5 Å². The van der Waals surface area contributed by atoms with E-state index in [1.165, 1.54) is 0 Å². The number of benzene rings is 1. The Kier molecular flexibility index (Phi) is 1.43. The molecule has 0 spiro atoms. The maximum Gasteiger partial charge on any atom is 0.231 e. The molecule has 1 unspecified atom stereocenters. The van der Waals surface area contributed by atoms with Gasteiger partial charge in [-0.05, 0) is 45.0 Å². The van der Waals surface area contributed by atoms with Crippen molar-refractivity contribution in [3.63, 3.8) is 0 Å². The first-order valence-corrected chi connectivity index (χ1v) is 4.77. The van der Waals surface area contributed by atoms with Gasteiger partial charge in [-0.25, -0.2) is 0 Å². The second-order valence-corrected chi connectivity index (χ2v) is 3.61. The highest BCUT2D eigenvalue weighted by atomic mass is 16.7. The van der Waals surface area contributed by atoms with E-state index in [4.69, 9.17) is 17.7 Å². The van der Waals surface area contributed by atoms with Crippen LogP contribution in [0.1, 0.15) is 20.7 Å². The molecule has 1 atom stereocenters. The minimum absolute atomic E-state index is 0.158. The van der Waals surface area contributed by atoms with Crippen LogP contribution in [-0.4, -0.2) is 31.7 Å². The lowest BCUT2D eigenvalue weighted by Crippen LogP contribution is -2.26. The highest BCUT2D eigenvalue weighted by Crippen LogP contribution is 2.32. The highest BCUT2D eigenvalue weighted by Gasteiger charge is 2.14. The van der Waals surface area contributed by atoms with Gasteiger partial charge in [-0.1, -0.05) is 6.07 Å². The molecule has 0 bridgehead atoms. The first-order chi connectivity index (χ1) is 9.59. The molecule has 15 heavy (non-hydrogen) atoms. The molecule has 0 fully saturated rings. The summed E-state index contributed by atoms with van der Waals surface area (Å²) in [5.74, 6) is 1.23. The van der Waals surface area contributed by atoms with Crippen molar-refractivity contribution in [2.75, 3.05) is 20.7 Å². The lowest BCUT2D eigenvalue weighted by Gasteiger charge is -2.19. The van der Waals surface area contributed by atoms with Crippen molar-refractivity contribution >= 4 is 0 Å². The summed E-state index contributed by atoms with van der Waals surface area (Å²) >= 11 is 0. The summed E-state index contributed by atoms with van der Waals surface area (Å²) in [5.41, 5.74) is 0.797. The molecule has 0 N–H and O–H groups in total. The van der Waals surface area contributed by atoms with Crippen molar-refractivity contribution in [3.8, 4) is 11.5 Å². The lowest BCUT2D eigenvalue weighted by molar-refractivity contribution is 0.174. The van der Waals surface area contributed by atoms with Gasteiger partial charge in [-0.2, -0.15) is 0 Å². The van der Waals surface area contributed by atoms with Crippen LogP contribution in [0, 0.1) is 0 Å². The molecular formula is C12H17NO2. The number of ether oxygens (including phenoxy) is 2. The fourth-order valence-electron chi connectivity index (χ4n) is 1.50. The van der Waals surface area contributed by atoms with E-state index in [1.54, 1.807) is 25.1 Å². The van der Waals surface area contributed by atoms with E-state index in [2.05, 4.69) is 0 Å². The summed E-state index contributed by atoms with van der Waals surface area (Å²) in [7, 11) is 0. The van der Waals surface area contributed by atoms with Gasteiger partial charge in [-0.3, -0.25) is 0 Å². The second kappa shape index (κ2) is 4.11. The fourth-order valence-corrected chi connectivity index (χ4v) is 1.50. The van der Waals surface area contributed by atoms with E-state index < -0.39 is 20.0 Å². The molecule has 3 heteroatoms. The van der Waals surface area contributed by atoms with E-state index in [0.29, 0.717) is 16.4 Å². The molecule has 2 rings (SSSR count). The van der Waals surface area contributed by atoms with Gasteiger partial charge in [-0.15, -0.1) is 0 Å². The Morgan fingerprint density at radius 2 is 2.20 bits per heavy atom. The van der Waals surface area contributed by atoms with E-state index in [9.17, 15) is 0 Å². The maximum atomic E-state index is 7.42. The van der Waals surface area contributed by atoms with E-state index in [1.807, 2.05) is 0 Å². The van der Waals surface area contributed by atoms with Gasteiger partial charge in [0.05, 0.1) is 0 Å². The molecule has 1 heterocycles. The molecule has 82 valence electrons. The molecule has 1 aliphatic heterocycles. The van der Waals surface area contributed by atoms with Crippen molar-refractivity contribution in [1.82, 2.24) is 4.90 Å². The Labute approximate surface area is 99.0 Å². The van der Waals surface area contributed by atoms with E-state index in [0.717, 1.165) is 5.56 Å². The first-order valence-electron chi connectivity index (χ1n) is 7.77. The fraction of sp³-hybridized carbons (Fsp3) is 0.500. The molecule has 0 amide bonds. The van der Waals surface area contributed by atoms with Crippen LogP contribution in [-0.2, 0) is 6.42 Å². The predicted molar refractivity (Wildman–Crippen MR) is 59.4 cm³/mol. The van der Waals surface area contributed by atoms with E-state index >= 15 is 0 Å². The molecule has 3 nitrogen and oxygen atoms in total. The Morgan fingerprint density at radius 1 is 1.40 bits per heavy atom. The number of hydrogen-bond acceptors (Lipinski definition) is 3. The highest BCUT2D eigenvalue weighted by molar-refractivity contribution is 5.44. The summed E-state index contributed by atoms with van der Waals surface area (Å²) in [6, 6.07) is 4.59. The van der Waals surface area contributed by atoms with Crippen molar-refractivity contribution < 1.29 is 17.7 Å². The summed E-state index contributed by atoms with van der Waals surface area (Å²) in [4.78, 5) is 0.588. The molecule has 0 aromatic heterocycles. The van der Waals surface area contributed by atoms with Crippen molar-refractivity contribution in [2.45, 2.75) is 19.4 Å². The topological polar surface area (TPSA) is 21.7 Å². The standard InChI is InChI=1S/C12H17NO2/c1-9(13(2)3)6-10-4-5-11-12(7-10)15-8-14-11/h4-5,7,9H,6,8H2,1-3H3/i2D3,3D3. The minimum Gasteiger partial charge on any atom is -0.454 e. The second-order valence-electron chi connectivity index (χ2n) is 3.61. The zero-order chi connectivity index (χ0) is 15.8. The van der Waals surface area contributed by atoms with Crippen molar-refractivity contribution in [2.24, 2.45) is 0 Å². The summed E-state index contributed by atoms with van der Waals surface area (Å²) in [6.45, 7) is -3.61. The van der Waals surface area contributed by atoms with Crippen LogP contribution in [0.15, 0.2) is 18.2 Å². The molecule has 1 aliphatic rings. The Morgan fingerprint density at radius 3 is 3.00 bits per heavy atom. The van der Waals surface area contributed by atoms with Gasteiger partial charge >= 0.3 is 0 Å². The van der Waals surface area contributed by atoms with E-state index in [-0.39, 0.29) is 13.2 Å². The monoisotopic (exact) mass is 213 g/mol. The Hall–Kier alpha value is -1.22. The molecule has 0 aliphatic carbocycles. The number of nitrogens with zero attached hydrogens (tertiary/aromatic N) is 1.